The van der Waals surface area contributed by atoms with Crippen LogP contribution in [0.25, 0.3) is 0 Å². The first-order chi connectivity index (χ1) is 11.3. The van der Waals surface area contributed by atoms with E-state index in [0.29, 0.717) is 5.56 Å². The average molecular weight is 393 g/mol. The molecule has 1 saturated heterocycles. The molecule has 0 bridgehead atoms. The van der Waals surface area contributed by atoms with Crippen molar-refractivity contribution in [3.63, 3.8) is 0 Å². The van der Waals surface area contributed by atoms with Gasteiger partial charge < -0.3 is 10.6 Å². The van der Waals surface area contributed by atoms with Gasteiger partial charge in [-0.05, 0) is 12.5 Å². The fraction of sp³-hybridized carbons (Fsp3) is 0.500. The number of nitro groups is 1. The Morgan fingerprint density at radius 1 is 1.28 bits per heavy atom. The Kier molecular flexibility index (Phi) is 7.29. The summed E-state index contributed by atoms with van der Waals surface area (Å²) in [5.41, 5.74) is 5.53. The molecule has 1 amide bonds. The minimum atomic E-state index is -3.84. The Morgan fingerprint density at radius 3 is 2.40 bits per heavy atom. The first-order valence-corrected chi connectivity index (χ1v) is 8.94. The molecule has 11 heteroatoms. The molecule has 2 N–H and O–H groups in total. The summed E-state index contributed by atoms with van der Waals surface area (Å²) in [7, 11) is -3.84. The molecule has 25 heavy (non-hydrogen) atoms. The molecule has 140 valence electrons. The standard InChI is InChI=1S/C14H20N4O5S.ClH/c1-11-2-3-12(18(20)21)10-13(11)24(22,23)17-8-6-16(7-9-17)14(19)4-5-15;/h2-3,10H,4-9,15H2,1H3;1H. The molecular formula is C14H21ClN4O5S. The van der Waals surface area contributed by atoms with E-state index in [9.17, 15) is 23.3 Å². The zero-order valence-electron chi connectivity index (χ0n) is 13.8. The minimum absolute atomic E-state index is 0. The van der Waals surface area contributed by atoms with Crippen LogP contribution in [0, 0.1) is 17.0 Å². The first kappa shape index (κ1) is 21.3. The predicted molar refractivity (Wildman–Crippen MR) is 94.1 cm³/mol. The van der Waals surface area contributed by atoms with E-state index < -0.39 is 14.9 Å². The quantitative estimate of drug-likeness (QED) is 0.574. The van der Waals surface area contributed by atoms with Crippen molar-refractivity contribution in [2.24, 2.45) is 5.73 Å². The highest BCUT2D eigenvalue weighted by Crippen LogP contribution is 2.25. The van der Waals surface area contributed by atoms with Crippen molar-refractivity contribution in [2.45, 2.75) is 18.2 Å². The molecule has 9 nitrogen and oxygen atoms in total. The molecule has 1 fully saturated rings. The Labute approximate surface area is 152 Å². The van der Waals surface area contributed by atoms with Crippen LogP contribution in [0.5, 0.6) is 0 Å². The lowest BCUT2D eigenvalue weighted by atomic mass is 10.2. The number of non-ortho nitro benzene ring substituents is 1. The number of carbonyl (C=O) groups excluding carboxylic acids is 1. The molecule has 0 radical (unpaired) electrons. The summed E-state index contributed by atoms with van der Waals surface area (Å²) < 4.78 is 26.8. The van der Waals surface area contributed by atoms with E-state index in [1.165, 1.54) is 16.4 Å². The molecule has 1 aromatic rings. The summed E-state index contributed by atoms with van der Waals surface area (Å²) in [6.45, 7) is 2.72. The zero-order valence-corrected chi connectivity index (χ0v) is 15.4. The van der Waals surface area contributed by atoms with Gasteiger partial charge in [0.1, 0.15) is 0 Å². The monoisotopic (exact) mass is 392 g/mol. The normalized spacial score (nSPS) is 15.5. The van der Waals surface area contributed by atoms with Gasteiger partial charge in [0, 0.05) is 51.3 Å². The van der Waals surface area contributed by atoms with Crippen LogP contribution in [-0.4, -0.2) is 61.2 Å². The highest BCUT2D eigenvalue weighted by Gasteiger charge is 2.31. The van der Waals surface area contributed by atoms with Gasteiger partial charge in [0.25, 0.3) is 5.69 Å². The lowest BCUT2D eigenvalue weighted by Crippen LogP contribution is -2.50. The number of rotatable bonds is 5. The Morgan fingerprint density at radius 2 is 1.88 bits per heavy atom. The van der Waals surface area contributed by atoms with Crippen LogP contribution in [-0.2, 0) is 14.8 Å². The topological polar surface area (TPSA) is 127 Å². The van der Waals surface area contributed by atoms with E-state index in [0.717, 1.165) is 6.07 Å². The van der Waals surface area contributed by atoms with E-state index in [1.54, 1.807) is 11.8 Å². The predicted octanol–water partition coefficient (Wildman–Crippen LogP) is 0.507. The van der Waals surface area contributed by atoms with Gasteiger partial charge in [-0.15, -0.1) is 12.4 Å². The highest BCUT2D eigenvalue weighted by atomic mass is 35.5. The number of benzene rings is 1. The molecule has 1 heterocycles. The van der Waals surface area contributed by atoms with Gasteiger partial charge in [0.15, 0.2) is 0 Å². The van der Waals surface area contributed by atoms with Crippen LogP contribution in [0.4, 0.5) is 5.69 Å². The van der Waals surface area contributed by atoms with E-state index in [1.807, 2.05) is 0 Å². The summed E-state index contributed by atoms with van der Waals surface area (Å²) in [5.74, 6) is -0.0962. The molecule has 1 aliphatic heterocycles. The summed E-state index contributed by atoms with van der Waals surface area (Å²) in [6.07, 6.45) is 0.233. The maximum absolute atomic E-state index is 12.8. The van der Waals surface area contributed by atoms with E-state index >= 15 is 0 Å². The molecular weight excluding hydrogens is 372 g/mol. The number of halogens is 1. The number of hydrogen-bond donors (Lipinski definition) is 1. The van der Waals surface area contributed by atoms with Gasteiger partial charge in [-0.2, -0.15) is 4.31 Å². The lowest BCUT2D eigenvalue weighted by molar-refractivity contribution is -0.385. The summed E-state index contributed by atoms with van der Waals surface area (Å²) in [6, 6.07) is 3.78. The zero-order chi connectivity index (χ0) is 17.9. The number of sulfonamides is 1. The number of nitrogens with two attached hydrogens (primary N) is 1. The number of carbonyl (C=O) groups is 1. The summed E-state index contributed by atoms with van der Waals surface area (Å²) in [4.78, 5) is 23.6. The van der Waals surface area contributed by atoms with Crippen LogP contribution in [0.15, 0.2) is 23.1 Å². The highest BCUT2D eigenvalue weighted by molar-refractivity contribution is 7.89. The molecule has 0 saturated carbocycles. The Hall–Kier alpha value is -1.75. The fourth-order valence-corrected chi connectivity index (χ4v) is 4.25. The average Bonchev–Trinajstić information content (AvgIpc) is 2.55. The van der Waals surface area contributed by atoms with E-state index in [4.69, 9.17) is 5.73 Å². The molecule has 1 aromatic carbocycles. The lowest BCUT2D eigenvalue weighted by Gasteiger charge is -2.34. The fourth-order valence-electron chi connectivity index (χ4n) is 2.58. The summed E-state index contributed by atoms with van der Waals surface area (Å²) in [5, 5.41) is 10.9. The number of hydrogen-bond acceptors (Lipinski definition) is 6. The number of aryl methyl sites for hydroxylation is 1. The smallest absolute Gasteiger partial charge is 0.270 e. The maximum Gasteiger partial charge on any atom is 0.270 e. The van der Waals surface area contributed by atoms with Crippen LogP contribution < -0.4 is 5.73 Å². The van der Waals surface area contributed by atoms with Crippen molar-refractivity contribution < 1.29 is 18.1 Å². The third kappa shape index (κ3) is 4.66. The molecule has 0 unspecified atom stereocenters. The van der Waals surface area contributed by atoms with Gasteiger partial charge in [-0.1, -0.05) is 6.07 Å². The molecule has 0 aromatic heterocycles. The van der Waals surface area contributed by atoms with Crippen molar-refractivity contribution in [3.8, 4) is 0 Å². The third-order valence-electron chi connectivity index (χ3n) is 3.95. The second-order valence-electron chi connectivity index (χ2n) is 5.53. The van der Waals surface area contributed by atoms with Gasteiger partial charge >= 0.3 is 0 Å². The van der Waals surface area contributed by atoms with Gasteiger partial charge in [0.2, 0.25) is 15.9 Å². The van der Waals surface area contributed by atoms with Crippen molar-refractivity contribution in [1.29, 1.82) is 0 Å². The van der Waals surface area contributed by atoms with Crippen LogP contribution in [0.3, 0.4) is 0 Å². The second-order valence-corrected chi connectivity index (χ2v) is 7.44. The molecule has 2 rings (SSSR count). The van der Waals surface area contributed by atoms with Gasteiger partial charge in [-0.3, -0.25) is 14.9 Å². The van der Waals surface area contributed by atoms with Crippen molar-refractivity contribution in [3.05, 3.63) is 33.9 Å². The Balaban J connectivity index is 0.00000312. The largest absolute Gasteiger partial charge is 0.340 e. The number of amides is 1. The number of nitrogens with zero attached hydrogens (tertiary/aromatic N) is 3. The van der Waals surface area contributed by atoms with Crippen LogP contribution in [0.1, 0.15) is 12.0 Å². The number of nitro benzene ring substituents is 1. The van der Waals surface area contributed by atoms with Crippen LogP contribution >= 0.6 is 12.4 Å². The minimum Gasteiger partial charge on any atom is -0.340 e. The first-order valence-electron chi connectivity index (χ1n) is 7.50. The summed E-state index contributed by atoms with van der Waals surface area (Å²) >= 11 is 0. The SMILES string of the molecule is Cc1ccc([N+](=O)[O-])cc1S(=O)(=O)N1CCN(C(=O)CCN)CC1.Cl. The van der Waals surface area contributed by atoms with E-state index in [-0.39, 0.29) is 68.0 Å². The number of piperazine rings is 1. The Bertz CT molecular complexity index is 748. The van der Waals surface area contributed by atoms with E-state index in [2.05, 4.69) is 0 Å². The maximum atomic E-state index is 12.8. The molecule has 0 aliphatic carbocycles. The third-order valence-corrected chi connectivity index (χ3v) is 5.99. The van der Waals surface area contributed by atoms with Crippen molar-refractivity contribution in [2.75, 3.05) is 32.7 Å². The van der Waals surface area contributed by atoms with Crippen molar-refractivity contribution >= 4 is 34.0 Å². The van der Waals surface area contributed by atoms with Gasteiger partial charge in [0.05, 0.1) is 9.82 Å². The molecule has 0 atom stereocenters. The van der Waals surface area contributed by atoms with Crippen LogP contribution in [0.2, 0.25) is 0 Å². The van der Waals surface area contributed by atoms with Gasteiger partial charge in [-0.25, -0.2) is 8.42 Å². The second kappa shape index (κ2) is 8.56. The van der Waals surface area contributed by atoms with Crippen molar-refractivity contribution in [1.82, 2.24) is 9.21 Å². The molecule has 0 spiro atoms. The molecule has 1 aliphatic rings.